The number of amides is 1. The van der Waals surface area contributed by atoms with E-state index in [1.165, 1.54) is 6.07 Å². The predicted molar refractivity (Wildman–Crippen MR) is 92.0 cm³/mol. The molecule has 1 atom stereocenters. The quantitative estimate of drug-likeness (QED) is 0.472. The molecular formula is C14H16BrClN2O7. The molecule has 1 amide bonds. The zero-order valence-corrected chi connectivity index (χ0v) is 15.8. The molecule has 0 radical (unpaired) electrons. The fourth-order valence-corrected chi connectivity index (χ4v) is 2.52. The van der Waals surface area contributed by atoms with Crippen LogP contribution in [0.1, 0.15) is 26.3 Å². The Morgan fingerprint density at radius 1 is 1.48 bits per heavy atom. The standard InChI is InChI=1S/C14H16BrClN2O7/c1-14(2,3)25-13(22)17-8(12(20)21)5-6-4-7(15)9(16)10(11(6)19)18(23)24/h4,8,19H,5H2,1-3H3,(H,17,22)(H,20,21). The molecule has 25 heavy (non-hydrogen) atoms. The predicted octanol–water partition coefficient (Wildman–Crippen LogP) is 3.24. The van der Waals surface area contributed by atoms with Gasteiger partial charge in [0, 0.05) is 16.5 Å². The van der Waals surface area contributed by atoms with Crippen LogP contribution in [0.25, 0.3) is 0 Å². The maximum Gasteiger partial charge on any atom is 0.408 e. The number of carbonyl (C=O) groups is 2. The first-order chi connectivity index (χ1) is 11.3. The molecule has 0 saturated carbocycles. The lowest BCUT2D eigenvalue weighted by Gasteiger charge is -2.22. The summed E-state index contributed by atoms with van der Waals surface area (Å²) in [6.45, 7) is 4.82. The van der Waals surface area contributed by atoms with Crippen molar-refractivity contribution in [3.8, 4) is 5.75 Å². The number of nitrogens with zero attached hydrogens (tertiary/aromatic N) is 1. The lowest BCUT2D eigenvalue weighted by Crippen LogP contribution is -2.44. The lowest BCUT2D eigenvalue weighted by molar-refractivity contribution is -0.385. The van der Waals surface area contributed by atoms with E-state index >= 15 is 0 Å². The summed E-state index contributed by atoms with van der Waals surface area (Å²) in [5, 5.41) is 32.1. The second-order valence-electron chi connectivity index (χ2n) is 6.03. The van der Waals surface area contributed by atoms with Gasteiger partial charge in [0.05, 0.1) is 4.92 Å². The van der Waals surface area contributed by atoms with E-state index in [9.17, 15) is 29.9 Å². The smallest absolute Gasteiger partial charge is 0.408 e. The van der Waals surface area contributed by atoms with E-state index in [4.69, 9.17) is 16.3 Å². The Kier molecular flexibility index (Phi) is 6.61. The average Bonchev–Trinajstić information content (AvgIpc) is 2.41. The number of carboxylic acids is 1. The number of hydrogen-bond acceptors (Lipinski definition) is 6. The molecule has 0 heterocycles. The van der Waals surface area contributed by atoms with E-state index in [1.54, 1.807) is 20.8 Å². The molecule has 9 nitrogen and oxygen atoms in total. The van der Waals surface area contributed by atoms with Crippen LogP contribution in [0.3, 0.4) is 0 Å². The first kappa shape index (κ1) is 21.0. The number of aromatic hydroxyl groups is 1. The van der Waals surface area contributed by atoms with Crippen LogP contribution in [0.5, 0.6) is 5.75 Å². The van der Waals surface area contributed by atoms with E-state index in [2.05, 4.69) is 21.2 Å². The Bertz CT molecular complexity index is 718. The van der Waals surface area contributed by atoms with Crippen molar-refractivity contribution in [2.24, 2.45) is 0 Å². The molecule has 0 aliphatic rings. The molecule has 1 aromatic rings. The number of ether oxygens (including phenoxy) is 1. The van der Waals surface area contributed by atoms with Crippen LogP contribution in [-0.4, -0.2) is 38.8 Å². The summed E-state index contributed by atoms with van der Waals surface area (Å²) >= 11 is 8.78. The fourth-order valence-electron chi connectivity index (χ4n) is 1.85. The topological polar surface area (TPSA) is 139 Å². The van der Waals surface area contributed by atoms with Crippen LogP contribution < -0.4 is 5.32 Å². The third kappa shape index (κ3) is 5.75. The number of carbonyl (C=O) groups excluding carboxylic acids is 1. The third-order valence-electron chi connectivity index (χ3n) is 2.84. The molecule has 1 aromatic carbocycles. The number of aliphatic carboxylic acids is 1. The average molecular weight is 440 g/mol. The highest BCUT2D eigenvalue weighted by Crippen LogP contribution is 2.42. The molecule has 138 valence electrons. The number of carboxylic acid groups (broad SMARTS) is 1. The van der Waals surface area contributed by atoms with Crippen LogP contribution in [0.4, 0.5) is 10.5 Å². The summed E-state index contributed by atoms with van der Waals surface area (Å²) in [5.41, 5.74) is -1.67. The van der Waals surface area contributed by atoms with E-state index in [0.29, 0.717) is 0 Å². The zero-order chi connectivity index (χ0) is 19.5. The highest BCUT2D eigenvalue weighted by atomic mass is 79.9. The Balaban J connectivity index is 3.13. The second-order valence-corrected chi connectivity index (χ2v) is 7.26. The number of nitro benzene ring substituents is 1. The van der Waals surface area contributed by atoms with Gasteiger partial charge in [0.2, 0.25) is 0 Å². The van der Waals surface area contributed by atoms with Gasteiger partial charge in [-0.05, 0) is 42.8 Å². The molecule has 0 saturated heterocycles. The van der Waals surface area contributed by atoms with Gasteiger partial charge in [-0.2, -0.15) is 0 Å². The Morgan fingerprint density at radius 3 is 2.48 bits per heavy atom. The van der Waals surface area contributed by atoms with Gasteiger partial charge in [0.1, 0.15) is 16.7 Å². The third-order valence-corrected chi connectivity index (χ3v) is 4.08. The van der Waals surface area contributed by atoms with Crippen molar-refractivity contribution in [1.82, 2.24) is 5.32 Å². The van der Waals surface area contributed by atoms with Crippen molar-refractivity contribution < 1.29 is 29.5 Å². The van der Waals surface area contributed by atoms with Crippen LogP contribution in [-0.2, 0) is 16.0 Å². The van der Waals surface area contributed by atoms with Crippen molar-refractivity contribution >= 4 is 45.3 Å². The molecule has 0 aliphatic heterocycles. The molecular weight excluding hydrogens is 424 g/mol. The number of nitrogens with one attached hydrogen (secondary N) is 1. The Morgan fingerprint density at radius 2 is 2.04 bits per heavy atom. The minimum atomic E-state index is -1.48. The fraction of sp³-hybridized carbons (Fsp3) is 0.429. The van der Waals surface area contributed by atoms with Gasteiger partial charge in [-0.3, -0.25) is 10.1 Å². The summed E-state index contributed by atoms with van der Waals surface area (Å²) in [4.78, 5) is 33.3. The molecule has 0 aromatic heterocycles. The minimum Gasteiger partial charge on any atom is -0.502 e. The van der Waals surface area contributed by atoms with Crippen LogP contribution in [0, 0.1) is 10.1 Å². The molecule has 0 spiro atoms. The number of benzene rings is 1. The summed E-state index contributed by atoms with van der Waals surface area (Å²) in [7, 11) is 0. The van der Waals surface area contributed by atoms with Gasteiger partial charge in [-0.15, -0.1) is 0 Å². The summed E-state index contributed by atoms with van der Waals surface area (Å²) in [6.07, 6.45) is -1.39. The monoisotopic (exact) mass is 438 g/mol. The van der Waals surface area contributed by atoms with E-state index < -0.39 is 46.5 Å². The van der Waals surface area contributed by atoms with Gasteiger partial charge in [-0.1, -0.05) is 11.6 Å². The number of nitro groups is 1. The molecule has 3 N–H and O–H groups in total. The van der Waals surface area contributed by atoms with Crippen molar-refractivity contribution in [3.05, 3.63) is 31.2 Å². The number of phenolic OH excluding ortho intramolecular Hbond substituents is 1. The number of alkyl carbamates (subject to hydrolysis) is 1. The SMILES string of the molecule is CC(C)(C)OC(=O)NC(Cc1cc(Br)c(Cl)c([N+](=O)[O-])c1O)C(=O)O. The van der Waals surface area contributed by atoms with E-state index in [0.717, 1.165) is 0 Å². The summed E-state index contributed by atoms with van der Waals surface area (Å²) in [5.74, 6) is -2.17. The Labute approximate surface area is 156 Å². The number of rotatable bonds is 5. The molecule has 0 fully saturated rings. The highest BCUT2D eigenvalue weighted by Gasteiger charge is 2.29. The second kappa shape index (κ2) is 7.87. The van der Waals surface area contributed by atoms with E-state index in [-0.39, 0.29) is 15.1 Å². The number of halogens is 2. The molecule has 1 unspecified atom stereocenters. The summed E-state index contributed by atoms with van der Waals surface area (Å²) < 4.78 is 5.08. The van der Waals surface area contributed by atoms with Gasteiger partial charge in [-0.25, -0.2) is 9.59 Å². The Hall–Kier alpha value is -2.07. The molecule has 0 bridgehead atoms. The molecule has 11 heteroatoms. The van der Waals surface area contributed by atoms with Crippen LogP contribution in [0.2, 0.25) is 5.02 Å². The van der Waals surface area contributed by atoms with E-state index in [1.807, 2.05) is 0 Å². The highest BCUT2D eigenvalue weighted by molar-refractivity contribution is 9.10. The maximum absolute atomic E-state index is 11.7. The van der Waals surface area contributed by atoms with Crippen molar-refractivity contribution in [1.29, 1.82) is 0 Å². The lowest BCUT2D eigenvalue weighted by atomic mass is 10.0. The van der Waals surface area contributed by atoms with Crippen LogP contribution in [0.15, 0.2) is 10.5 Å². The number of phenols is 1. The van der Waals surface area contributed by atoms with Gasteiger partial charge in [0.25, 0.3) is 0 Å². The molecule has 0 aliphatic carbocycles. The minimum absolute atomic E-state index is 0.0774. The normalized spacial score (nSPS) is 12.4. The molecule has 1 rings (SSSR count). The van der Waals surface area contributed by atoms with Crippen molar-refractivity contribution in [2.75, 3.05) is 0 Å². The van der Waals surface area contributed by atoms with Gasteiger partial charge < -0.3 is 20.3 Å². The van der Waals surface area contributed by atoms with Crippen molar-refractivity contribution in [2.45, 2.75) is 38.8 Å². The maximum atomic E-state index is 11.7. The largest absolute Gasteiger partial charge is 0.502 e. The van der Waals surface area contributed by atoms with Crippen molar-refractivity contribution in [3.63, 3.8) is 0 Å². The van der Waals surface area contributed by atoms with Gasteiger partial charge >= 0.3 is 17.7 Å². The first-order valence-corrected chi connectivity index (χ1v) is 8.07. The first-order valence-electron chi connectivity index (χ1n) is 6.90. The van der Waals surface area contributed by atoms with Crippen LogP contribution >= 0.6 is 27.5 Å². The number of hydrogen-bond donors (Lipinski definition) is 3. The zero-order valence-electron chi connectivity index (χ0n) is 13.5. The van der Waals surface area contributed by atoms with Gasteiger partial charge in [0.15, 0.2) is 5.75 Å². The summed E-state index contributed by atoms with van der Waals surface area (Å²) in [6, 6.07) is -0.231.